The van der Waals surface area contributed by atoms with Crippen molar-refractivity contribution in [1.29, 1.82) is 0 Å². The van der Waals surface area contributed by atoms with Gasteiger partial charge in [0, 0.05) is 11.7 Å². The van der Waals surface area contributed by atoms with Gasteiger partial charge < -0.3 is 10.1 Å². The fourth-order valence-electron chi connectivity index (χ4n) is 1.65. The van der Waals surface area contributed by atoms with Crippen LogP contribution >= 0.6 is 0 Å². The standard InChI is InChI=1S/C13H16N4O2/c1-9(2)15-13(18)12-16-14-8-17(12)10-4-6-11(19-3)7-5-10/h4-9H,1-3H3,(H,15,18). The lowest BCUT2D eigenvalue weighted by Gasteiger charge is -2.09. The molecule has 0 fully saturated rings. The van der Waals surface area contributed by atoms with Crippen LogP contribution in [0.4, 0.5) is 0 Å². The minimum Gasteiger partial charge on any atom is -0.497 e. The van der Waals surface area contributed by atoms with Gasteiger partial charge in [-0.3, -0.25) is 9.36 Å². The van der Waals surface area contributed by atoms with Crippen LogP contribution in [0.1, 0.15) is 24.5 Å². The van der Waals surface area contributed by atoms with Crippen molar-refractivity contribution in [2.24, 2.45) is 0 Å². The van der Waals surface area contributed by atoms with Crippen molar-refractivity contribution in [3.8, 4) is 11.4 Å². The van der Waals surface area contributed by atoms with E-state index in [0.717, 1.165) is 11.4 Å². The lowest BCUT2D eigenvalue weighted by atomic mass is 10.3. The van der Waals surface area contributed by atoms with E-state index in [2.05, 4.69) is 15.5 Å². The maximum Gasteiger partial charge on any atom is 0.289 e. The van der Waals surface area contributed by atoms with Gasteiger partial charge in [-0.15, -0.1) is 10.2 Å². The summed E-state index contributed by atoms with van der Waals surface area (Å²) in [5.41, 5.74) is 0.805. The Morgan fingerprint density at radius 3 is 2.58 bits per heavy atom. The van der Waals surface area contributed by atoms with Gasteiger partial charge in [-0.25, -0.2) is 0 Å². The zero-order chi connectivity index (χ0) is 13.8. The van der Waals surface area contributed by atoms with E-state index in [1.165, 1.54) is 6.33 Å². The van der Waals surface area contributed by atoms with Crippen molar-refractivity contribution in [2.45, 2.75) is 19.9 Å². The number of methoxy groups -OCH3 is 1. The lowest BCUT2D eigenvalue weighted by Crippen LogP contribution is -2.32. The molecule has 1 heterocycles. The van der Waals surface area contributed by atoms with E-state index in [1.54, 1.807) is 11.7 Å². The molecule has 0 spiro atoms. The molecule has 0 unspecified atom stereocenters. The highest BCUT2D eigenvalue weighted by atomic mass is 16.5. The Morgan fingerprint density at radius 2 is 2.00 bits per heavy atom. The molecule has 0 radical (unpaired) electrons. The molecule has 6 nitrogen and oxygen atoms in total. The number of nitrogens with one attached hydrogen (secondary N) is 1. The molecule has 0 aliphatic carbocycles. The lowest BCUT2D eigenvalue weighted by molar-refractivity contribution is 0.0930. The van der Waals surface area contributed by atoms with Gasteiger partial charge in [0.25, 0.3) is 5.91 Å². The Balaban J connectivity index is 2.30. The average Bonchev–Trinajstić information content (AvgIpc) is 2.87. The van der Waals surface area contributed by atoms with E-state index in [-0.39, 0.29) is 17.8 Å². The first-order valence-electron chi connectivity index (χ1n) is 5.97. The van der Waals surface area contributed by atoms with Gasteiger partial charge in [0.05, 0.1) is 7.11 Å². The largest absolute Gasteiger partial charge is 0.497 e. The molecule has 2 aromatic rings. The number of nitrogens with zero attached hydrogens (tertiary/aromatic N) is 3. The molecule has 19 heavy (non-hydrogen) atoms. The third kappa shape index (κ3) is 2.90. The molecule has 2 rings (SSSR count). The topological polar surface area (TPSA) is 69.0 Å². The van der Waals surface area contributed by atoms with Gasteiger partial charge in [-0.05, 0) is 38.1 Å². The second kappa shape index (κ2) is 5.51. The summed E-state index contributed by atoms with van der Waals surface area (Å²) in [4.78, 5) is 12.0. The normalized spacial score (nSPS) is 10.5. The maximum atomic E-state index is 12.0. The van der Waals surface area contributed by atoms with Crippen LogP contribution < -0.4 is 10.1 Å². The summed E-state index contributed by atoms with van der Waals surface area (Å²) in [5, 5.41) is 10.4. The SMILES string of the molecule is COc1ccc(-n2cnnc2C(=O)NC(C)C)cc1. The number of ether oxygens (including phenoxy) is 1. The molecule has 1 aromatic carbocycles. The Kier molecular flexibility index (Phi) is 3.79. The van der Waals surface area contributed by atoms with E-state index >= 15 is 0 Å². The minimum absolute atomic E-state index is 0.0496. The predicted octanol–water partition coefficient (Wildman–Crippen LogP) is 1.41. The summed E-state index contributed by atoms with van der Waals surface area (Å²) >= 11 is 0. The third-order valence-corrected chi connectivity index (χ3v) is 2.52. The van der Waals surface area contributed by atoms with E-state index in [1.807, 2.05) is 38.1 Å². The van der Waals surface area contributed by atoms with Crippen molar-refractivity contribution in [2.75, 3.05) is 7.11 Å². The van der Waals surface area contributed by atoms with E-state index in [4.69, 9.17) is 4.74 Å². The Hall–Kier alpha value is -2.37. The minimum atomic E-state index is -0.247. The third-order valence-electron chi connectivity index (χ3n) is 2.52. The van der Waals surface area contributed by atoms with Crippen molar-refractivity contribution in [3.05, 3.63) is 36.4 Å². The number of benzene rings is 1. The van der Waals surface area contributed by atoms with Crippen molar-refractivity contribution in [3.63, 3.8) is 0 Å². The molecule has 0 atom stereocenters. The van der Waals surface area contributed by atoms with Crippen molar-refractivity contribution >= 4 is 5.91 Å². The Morgan fingerprint density at radius 1 is 1.32 bits per heavy atom. The monoisotopic (exact) mass is 260 g/mol. The zero-order valence-corrected chi connectivity index (χ0v) is 11.1. The first kappa shape index (κ1) is 13.1. The first-order chi connectivity index (χ1) is 9.11. The van der Waals surface area contributed by atoms with Crippen LogP contribution in [0.5, 0.6) is 5.75 Å². The van der Waals surface area contributed by atoms with E-state index in [9.17, 15) is 4.79 Å². The molecule has 0 bridgehead atoms. The van der Waals surface area contributed by atoms with Gasteiger partial charge in [-0.1, -0.05) is 0 Å². The van der Waals surface area contributed by atoms with Crippen LogP contribution in [-0.4, -0.2) is 33.8 Å². The molecule has 0 saturated carbocycles. The number of carbonyl (C=O) groups excluding carboxylic acids is 1. The Bertz CT molecular complexity index is 560. The van der Waals surface area contributed by atoms with Crippen LogP contribution in [0.25, 0.3) is 5.69 Å². The van der Waals surface area contributed by atoms with E-state index in [0.29, 0.717) is 0 Å². The van der Waals surface area contributed by atoms with Gasteiger partial charge >= 0.3 is 0 Å². The Labute approximate surface area is 111 Å². The fraction of sp³-hybridized carbons (Fsp3) is 0.308. The second-order valence-electron chi connectivity index (χ2n) is 4.35. The molecule has 0 saturated heterocycles. The second-order valence-corrected chi connectivity index (χ2v) is 4.35. The van der Waals surface area contributed by atoms with Crippen LogP contribution in [-0.2, 0) is 0 Å². The van der Waals surface area contributed by atoms with Gasteiger partial charge in [0.1, 0.15) is 12.1 Å². The molecule has 1 amide bonds. The maximum absolute atomic E-state index is 12.0. The van der Waals surface area contributed by atoms with Crippen LogP contribution in [0, 0.1) is 0 Å². The fourth-order valence-corrected chi connectivity index (χ4v) is 1.65. The summed E-state index contributed by atoms with van der Waals surface area (Å²) in [6.07, 6.45) is 1.51. The van der Waals surface area contributed by atoms with Gasteiger partial charge in [-0.2, -0.15) is 0 Å². The van der Waals surface area contributed by atoms with Crippen LogP contribution in [0.15, 0.2) is 30.6 Å². The van der Waals surface area contributed by atoms with Crippen LogP contribution in [0.3, 0.4) is 0 Å². The van der Waals surface area contributed by atoms with Gasteiger partial charge in [0.15, 0.2) is 0 Å². The quantitative estimate of drug-likeness (QED) is 0.902. The summed E-state index contributed by atoms with van der Waals surface area (Å²) in [6.45, 7) is 3.79. The molecule has 1 aromatic heterocycles. The van der Waals surface area contributed by atoms with Crippen molar-refractivity contribution < 1.29 is 9.53 Å². The average molecular weight is 260 g/mol. The summed E-state index contributed by atoms with van der Waals surface area (Å²) < 4.78 is 6.73. The summed E-state index contributed by atoms with van der Waals surface area (Å²) in [7, 11) is 1.61. The summed E-state index contributed by atoms with van der Waals surface area (Å²) in [6, 6.07) is 7.37. The number of carbonyl (C=O) groups is 1. The van der Waals surface area contributed by atoms with Crippen molar-refractivity contribution in [1.82, 2.24) is 20.1 Å². The number of hydrogen-bond donors (Lipinski definition) is 1. The van der Waals surface area contributed by atoms with Crippen LogP contribution in [0.2, 0.25) is 0 Å². The highest BCUT2D eigenvalue weighted by Gasteiger charge is 2.15. The highest BCUT2D eigenvalue weighted by molar-refractivity contribution is 5.91. The number of aromatic nitrogens is 3. The molecule has 6 heteroatoms. The smallest absolute Gasteiger partial charge is 0.289 e. The number of hydrogen-bond acceptors (Lipinski definition) is 4. The molecule has 1 N–H and O–H groups in total. The first-order valence-corrected chi connectivity index (χ1v) is 5.97. The molecule has 100 valence electrons. The predicted molar refractivity (Wildman–Crippen MR) is 70.5 cm³/mol. The molecular weight excluding hydrogens is 244 g/mol. The molecular formula is C13H16N4O2. The van der Waals surface area contributed by atoms with E-state index < -0.39 is 0 Å². The highest BCUT2D eigenvalue weighted by Crippen LogP contribution is 2.15. The number of amides is 1. The zero-order valence-electron chi connectivity index (χ0n) is 11.1. The molecule has 0 aliphatic rings. The van der Waals surface area contributed by atoms with Gasteiger partial charge in [0.2, 0.25) is 5.82 Å². The summed E-state index contributed by atoms with van der Waals surface area (Å²) in [5.74, 6) is 0.771. The molecule has 0 aliphatic heterocycles. The number of rotatable bonds is 4.